The van der Waals surface area contributed by atoms with Crippen molar-refractivity contribution in [2.45, 2.75) is 9.96 Å². The van der Waals surface area contributed by atoms with Crippen LogP contribution < -0.4 is 16.0 Å². The summed E-state index contributed by atoms with van der Waals surface area (Å²) in [7, 11) is 0. The highest BCUT2D eigenvalue weighted by Gasteiger charge is 2.34. The number of hydrogen-bond donors (Lipinski definition) is 3. The predicted molar refractivity (Wildman–Crippen MR) is 116 cm³/mol. The molecule has 2 aromatic rings. The van der Waals surface area contributed by atoms with E-state index >= 15 is 0 Å². The largest absolute Gasteiger partial charge is 0.339 e. The van der Waals surface area contributed by atoms with Crippen molar-refractivity contribution >= 4 is 86.3 Å². The van der Waals surface area contributed by atoms with E-state index in [2.05, 4.69) is 38.5 Å². The fourth-order valence-electron chi connectivity index (χ4n) is 1.88. The fourth-order valence-corrected chi connectivity index (χ4v) is 2.98. The molecule has 26 heavy (non-hydrogen) atoms. The highest BCUT2D eigenvalue weighted by atomic mass is 127. The number of halogens is 5. The average Bonchev–Trinajstić information content (AvgIpc) is 2.55. The van der Waals surface area contributed by atoms with Gasteiger partial charge in [0.1, 0.15) is 12.0 Å². The van der Waals surface area contributed by atoms with Crippen molar-refractivity contribution in [2.75, 3.05) is 5.32 Å². The Balaban J connectivity index is 2.06. The second-order valence-corrected chi connectivity index (χ2v) is 9.09. The molecule has 0 aliphatic heterocycles. The first kappa shape index (κ1) is 21.4. The number of hydrogen-bond acceptors (Lipinski definition) is 2. The van der Waals surface area contributed by atoms with Crippen LogP contribution in [0.25, 0.3) is 0 Å². The smallest absolute Gasteiger partial charge is 0.253 e. The van der Waals surface area contributed by atoms with Gasteiger partial charge in [0, 0.05) is 14.8 Å². The van der Waals surface area contributed by atoms with Crippen molar-refractivity contribution in [1.82, 2.24) is 10.6 Å². The summed E-state index contributed by atoms with van der Waals surface area (Å²) in [5, 5.41) is 8.23. The van der Waals surface area contributed by atoms with Crippen molar-refractivity contribution in [3.63, 3.8) is 0 Å². The molecule has 0 saturated carbocycles. The van der Waals surface area contributed by atoms with E-state index in [1.165, 1.54) is 24.3 Å². The number of benzene rings is 2. The fraction of sp³-hybridized carbons (Fsp3) is 0.125. The zero-order valence-corrected chi connectivity index (χ0v) is 18.1. The van der Waals surface area contributed by atoms with Gasteiger partial charge in [-0.05, 0) is 77.3 Å². The van der Waals surface area contributed by atoms with Crippen LogP contribution in [0.5, 0.6) is 0 Å². The van der Waals surface area contributed by atoms with Crippen LogP contribution in [0, 0.1) is 9.39 Å². The molecule has 0 heterocycles. The van der Waals surface area contributed by atoms with Gasteiger partial charge in [0.15, 0.2) is 5.11 Å². The molecule has 2 aromatic carbocycles. The third-order valence-electron chi connectivity index (χ3n) is 3.07. The molecule has 0 unspecified atom stereocenters. The number of carbonyl (C=O) groups excluding carboxylic acids is 1. The maximum absolute atomic E-state index is 12.9. The Kier molecular flexibility index (Phi) is 7.72. The molecule has 138 valence electrons. The normalized spacial score (nSPS) is 12.2. The van der Waals surface area contributed by atoms with Crippen LogP contribution in [-0.4, -0.2) is 21.0 Å². The number of carbonyl (C=O) groups is 1. The minimum atomic E-state index is -1.87. The monoisotopic (exact) mass is 545 g/mol. The maximum Gasteiger partial charge on any atom is 0.253 e. The minimum absolute atomic E-state index is 0.0934. The Bertz CT molecular complexity index is 802. The zero-order valence-electron chi connectivity index (χ0n) is 12.9. The Morgan fingerprint density at radius 2 is 1.77 bits per heavy atom. The molecule has 1 atom stereocenters. The van der Waals surface area contributed by atoms with Crippen LogP contribution in [0.3, 0.4) is 0 Å². The van der Waals surface area contributed by atoms with Crippen molar-refractivity contribution in [3.05, 3.63) is 63.5 Å². The van der Waals surface area contributed by atoms with Gasteiger partial charge in [-0.1, -0.05) is 40.9 Å². The molecule has 0 spiro atoms. The van der Waals surface area contributed by atoms with Crippen molar-refractivity contribution < 1.29 is 9.18 Å². The third kappa shape index (κ3) is 6.70. The molecule has 1 amide bonds. The van der Waals surface area contributed by atoms with Crippen molar-refractivity contribution in [3.8, 4) is 0 Å². The van der Waals surface area contributed by atoms with E-state index in [0.29, 0.717) is 11.3 Å². The summed E-state index contributed by atoms with van der Waals surface area (Å²) in [5.41, 5.74) is 0.950. The standard InChI is InChI=1S/C16H12Cl3FIN3OS/c17-16(18,19)14(23-13(25)9-2-1-3-11(21)8-9)24-15(26)22-12-6-4-10(20)5-7-12/h1-8,14H,(H,23,25)(H2,22,24,26)/t14-/m0/s1. The molecule has 10 heteroatoms. The lowest BCUT2D eigenvalue weighted by Gasteiger charge is -2.27. The van der Waals surface area contributed by atoms with Crippen LogP contribution in [0.4, 0.5) is 10.1 Å². The van der Waals surface area contributed by atoms with Crippen LogP contribution in [-0.2, 0) is 0 Å². The highest BCUT2D eigenvalue weighted by Crippen LogP contribution is 2.29. The second kappa shape index (κ2) is 9.36. The lowest BCUT2D eigenvalue weighted by Crippen LogP contribution is -2.56. The molecule has 0 radical (unpaired) electrons. The second-order valence-electron chi connectivity index (χ2n) is 5.06. The molecule has 4 nitrogen and oxygen atoms in total. The summed E-state index contributed by atoms with van der Waals surface area (Å²) in [5.74, 6) is -0.810. The van der Waals surface area contributed by atoms with Crippen LogP contribution in [0.2, 0.25) is 0 Å². The molecular formula is C16H12Cl3FIN3OS. The van der Waals surface area contributed by atoms with Crippen molar-refractivity contribution in [2.24, 2.45) is 0 Å². The molecule has 0 aliphatic carbocycles. The number of thiocarbonyl (C=S) groups is 1. The SMILES string of the molecule is O=C(N[C@@H](NC(=S)Nc1ccc(F)cc1)C(Cl)(Cl)Cl)c1cccc(I)c1. The molecule has 0 bridgehead atoms. The Hall–Kier alpha value is -0.870. The van der Waals surface area contributed by atoms with E-state index < -0.39 is 15.9 Å². The Morgan fingerprint density at radius 1 is 1.12 bits per heavy atom. The first-order chi connectivity index (χ1) is 12.1. The van der Waals surface area contributed by atoms with E-state index in [1.54, 1.807) is 18.2 Å². The lowest BCUT2D eigenvalue weighted by atomic mass is 10.2. The summed E-state index contributed by atoms with van der Waals surface area (Å²) in [6.07, 6.45) is -1.10. The van der Waals surface area contributed by atoms with Gasteiger partial charge in [-0.2, -0.15) is 0 Å². The molecule has 0 aliphatic rings. The van der Waals surface area contributed by atoms with Gasteiger partial charge in [-0.3, -0.25) is 4.79 Å². The van der Waals surface area contributed by atoms with E-state index in [0.717, 1.165) is 3.57 Å². The highest BCUT2D eigenvalue weighted by molar-refractivity contribution is 14.1. The van der Waals surface area contributed by atoms with E-state index in [-0.39, 0.29) is 10.9 Å². The van der Waals surface area contributed by atoms with Gasteiger partial charge in [-0.25, -0.2) is 4.39 Å². The number of nitrogens with one attached hydrogen (secondary N) is 3. The van der Waals surface area contributed by atoms with Gasteiger partial charge in [0.05, 0.1) is 0 Å². The summed E-state index contributed by atoms with van der Waals surface area (Å²) >= 11 is 25.1. The van der Waals surface area contributed by atoms with E-state index in [9.17, 15) is 9.18 Å². The van der Waals surface area contributed by atoms with Crippen molar-refractivity contribution in [1.29, 1.82) is 0 Å². The topological polar surface area (TPSA) is 53.2 Å². The van der Waals surface area contributed by atoms with Gasteiger partial charge in [0.2, 0.25) is 3.79 Å². The number of amides is 1. The first-order valence-electron chi connectivity index (χ1n) is 7.11. The third-order valence-corrected chi connectivity index (χ3v) is 4.61. The number of rotatable bonds is 4. The van der Waals surface area contributed by atoms with E-state index in [1.807, 2.05) is 6.07 Å². The van der Waals surface area contributed by atoms with Gasteiger partial charge >= 0.3 is 0 Å². The maximum atomic E-state index is 12.9. The molecule has 0 fully saturated rings. The lowest BCUT2D eigenvalue weighted by molar-refractivity contribution is 0.0934. The average molecular weight is 547 g/mol. The predicted octanol–water partition coefficient (Wildman–Crippen LogP) is 4.84. The summed E-state index contributed by atoms with van der Waals surface area (Å²) in [4.78, 5) is 12.4. The summed E-state index contributed by atoms with van der Waals surface area (Å²) in [6.45, 7) is 0. The summed E-state index contributed by atoms with van der Waals surface area (Å²) in [6, 6.07) is 12.5. The number of alkyl halides is 3. The zero-order chi connectivity index (χ0) is 19.3. The van der Waals surface area contributed by atoms with Gasteiger partial charge in [0.25, 0.3) is 5.91 Å². The first-order valence-corrected chi connectivity index (χ1v) is 9.73. The molecule has 2 rings (SSSR count). The van der Waals surface area contributed by atoms with E-state index in [4.69, 9.17) is 47.0 Å². The van der Waals surface area contributed by atoms with Crippen LogP contribution in [0.1, 0.15) is 10.4 Å². The Morgan fingerprint density at radius 3 is 2.35 bits per heavy atom. The molecular weight excluding hydrogens is 535 g/mol. The molecule has 0 aromatic heterocycles. The number of anilines is 1. The molecule has 0 saturated heterocycles. The quantitative estimate of drug-likeness (QED) is 0.222. The molecule has 3 N–H and O–H groups in total. The minimum Gasteiger partial charge on any atom is -0.339 e. The summed E-state index contributed by atoms with van der Waals surface area (Å²) < 4.78 is 12.0. The van der Waals surface area contributed by atoms with Gasteiger partial charge < -0.3 is 16.0 Å². The van der Waals surface area contributed by atoms with Crippen LogP contribution >= 0.6 is 69.6 Å². The Labute approximate surface area is 183 Å². The van der Waals surface area contributed by atoms with Crippen LogP contribution in [0.15, 0.2) is 48.5 Å². The van der Waals surface area contributed by atoms with Gasteiger partial charge in [-0.15, -0.1) is 0 Å².